The number of nitrogens with zero attached hydrogens (tertiary/aromatic N) is 17. The summed E-state index contributed by atoms with van der Waals surface area (Å²) >= 11 is 11.9. The first kappa shape index (κ1) is 90.8. The Morgan fingerprint density at radius 1 is 0.352 bits per heavy atom. The summed E-state index contributed by atoms with van der Waals surface area (Å²) in [6.45, 7) is 12.9. The Bertz CT molecular complexity index is 5620. The topological polar surface area (TPSA) is 300 Å². The van der Waals surface area contributed by atoms with Gasteiger partial charge in [0.2, 0.25) is 46.6 Å². The zero-order chi connectivity index (χ0) is 87.3. The van der Waals surface area contributed by atoms with E-state index < -0.39 is 0 Å². The van der Waals surface area contributed by atoms with Gasteiger partial charge in [-0.25, -0.2) is 19.9 Å². The molecular weight excluding hydrogens is 1670 g/mol. The Morgan fingerprint density at radius 3 is 0.880 bits per heavy atom. The second-order valence-corrected chi connectivity index (χ2v) is 32.3. The fourth-order valence-electron chi connectivity index (χ4n) is 12.4. The van der Waals surface area contributed by atoms with Gasteiger partial charge in [-0.2, -0.15) is 41.0 Å². The van der Waals surface area contributed by atoms with E-state index in [4.69, 9.17) is 98.3 Å². The number of rotatable bonds is 29. The maximum Gasteiger partial charge on any atom is 0.232 e. The van der Waals surface area contributed by atoms with Crippen LogP contribution in [-0.2, 0) is 26.4 Å². The van der Waals surface area contributed by atoms with Crippen LogP contribution in [0.25, 0.3) is 0 Å². The van der Waals surface area contributed by atoms with Crippen LogP contribution in [0.1, 0.15) is 44.5 Å². The fraction of sp³-hybridized carbons (Fsp3) is 0.234. The second kappa shape index (κ2) is 47.8. The molecule has 26 nitrogen and oxygen atoms in total. The lowest BCUT2D eigenvalue weighted by Gasteiger charge is -2.33. The lowest BCUT2D eigenvalue weighted by Crippen LogP contribution is -2.47. The van der Waals surface area contributed by atoms with Crippen molar-refractivity contribution in [1.29, 1.82) is 21.0 Å². The molecule has 0 atom stereocenters. The van der Waals surface area contributed by atoms with E-state index in [1.807, 2.05) is 152 Å². The van der Waals surface area contributed by atoms with Crippen LogP contribution in [0, 0.1) is 70.0 Å². The number of nitriles is 4. The zero-order valence-corrected chi connectivity index (χ0v) is 73.1. The summed E-state index contributed by atoms with van der Waals surface area (Å²) in [4.78, 5) is 54.4. The Kier molecular flexibility index (Phi) is 34.7. The van der Waals surface area contributed by atoms with Crippen molar-refractivity contribution in [1.82, 2.24) is 55.0 Å². The van der Waals surface area contributed by atoms with Gasteiger partial charge in [0.1, 0.15) is 49.4 Å². The van der Waals surface area contributed by atoms with Crippen molar-refractivity contribution < 1.29 is 37.9 Å². The third-order valence-corrected chi connectivity index (χ3v) is 23.3. The first-order valence-electron chi connectivity index (χ1n) is 39.5. The normalized spacial score (nSPS) is 12.9. The molecule has 3 saturated heterocycles. The minimum Gasteiger partial charge on any atom is -0.497 e. The lowest BCUT2D eigenvalue weighted by atomic mass is 10.2. The fourth-order valence-corrected chi connectivity index (χ4v) is 15.8. The number of halogens is 1. The molecule has 3 fully saturated rings. The summed E-state index contributed by atoms with van der Waals surface area (Å²) in [6, 6.07) is 69.0. The Balaban J connectivity index is 0.000000152. The molecule has 1 N–H and O–H groups in total. The van der Waals surface area contributed by atoms with Crippen LogP contribution in [0.3, 0.4) is 0 Å². The zero-order valence-electron chi connectivity index (χ0n) is 69.0. The third kappa shape index (κ3) is 27.8. The van der Waals surface area contributed by atoms with Crippen molar-refractivity contribution in [3.05, 3.63) is 269 Å². The van der Waals surface area contributed by atoms with Crippen LogP contribution in [0.5, 0.6) is 46.5 Å². The van der Waals surface area contributed by atoms with Gasteiger partial charge in [0.15, 0.2) is 0 Å². The molecule has 8 aromatic carbocycles. The number of nitrogens with one attached hydrogen (secondary N) is 1. The Labute approximate surface area is 749 Å². The van der Waals surface area contributed by atoms with Crippen LogP contribution in [0.2, 0.25) is 5.28 Å². The molecular formula is C94H87ClN18O8S4. The van der Waals surface area contributed by atoms with E-state index >= 15 is 0 Å². The summed E-state index contributed by atoms with van der Waals surface area (Å²) in [6.07, 6.45) is 17.9. The number of methoxy groups -OCH3 is 4. The van der Waals surface area contributed by atoms with E-state index in [1.54, 1.807) is 95.6 Å². The molecule has 125 heavy (non-hydrogen) atoms. The molecule has 12 aromatic rings. The maximum atomic E-state index is 9.06. The molecule has 4 aromatic heterocycles. The standard InChI is InChI=1S/2C26H25N5O2S.C23H23N5O2S.C19H14ClN3O2S/c2*1-3-11-30-12-14-31(15-13-30)26-28-18-24(34-23-9-7-20(17-27)8-10-23)25(29-26)33-19-21-5-4-6-22(16-21)32-2;1-29-19-4-2-3-18(13-19)16-30-22-21(31-20-7-5-17(14-24)6-8-20)15-26-23(27-22)28-11-9-25-10-12-28;1-24-15-4-2-3-14(9-15)12-25-18-17(11-22-19(20)23-18)26-16-7-5-13(10-21)6-8-16/h2*1,4-10,16,18H,11-15,19H2,2H3;2-8,13,15,25H,9-12,16H2,1H3;2-9,11H,12H2,1H3. The van der Waals surface area contributed by atoms with Crippen molar-refractivity contribution in [2.45, 2.75) is 65.6 Å². The van der Waals surface area contributed by atoms with Gasteiger partial charge in [0.05, 0.1) is 126 Å². The number of aromatic nitrogens is 8. The summed E-state index contributed by atoms with van der Waals surface area (Å²) in [7, 11) is 6.56. The molecule has 0 amide bonds. The lowest BCUT2D eigenvalue weighted by molar-refractivity contribution is 0.278. The maximum absolute atomic E-state index is 9.06. The van der Waals surface area contributed by atoms with Gasteiger partial charge in [-0.1, -0.05) is 107 Å². The monoisotopic (exact) mass is 1760 g/mol. The quantitative estimate of drug-likeness (QED) is 0.0336. The van der Waals surface area contributed by atoms with Gasteiger partial charge >= 0.3 is 0 Å². The number of benzene rings is 8. The van der Waals surface area contributed by atoms with Gasteiger partial charge < -0.3 is 57.9 Å². The average molecular weight is 1760 g/mol. The highest BCUT2D eigenvalue weighted by Gasteiger charge is 2.25. The number of hydrogen-bond acceptors (Lipinski definition) is 30. The van der Waals surface area contributed by atoms with E-state index in [-0.39, 0.29) is 5.28 Å². The average Bonchev–Trinajstić information content (AvgIpc) is 0.826. The van der Waals surface area contributed by atoms with Crippen molar-refractivity contribution in [3.8, 4) is 95.5 Å². The number of hydrogen-bond donors (Lipinski definition) is 1. The van der Waals surface area contributed by atoms with Gasteiger partial charge in [0, 0.05) is 104 Å². The molecule has 3 aliphatic heterocycles. The van der Waals surface area contributed by atoms with E-state index in [1.165, 1.54) is 47.0 Å². The molecule has 0 bridgehead atoms. The molecule has 3 aliphatic rings. The van der Waals surface area contributed by atoms with Gasteiger partial charge in [-0.15, -0.1) is 12.8 Å². The van der Waals surface area contributed by atoms with Crippen molar-refractivity contribution >= 4 is 76.5 Å². The van der Waals surface area contributed by atoms with Crippen LogP contribution < -0.4 is 57.9 Å². The number of anilines is 3. The Hall–Kier alpha value is -13.5. The van der Waals surface area contributed by atoms with Crippen molar-refractivity contribution in [3.63, 3.8) is 0 Å². The second-order valence-electron chi connectivity index (χ2n) is 27.5. The minimum absolute atomic E-state index is 0.120. The number of piperazine rings is 3. The summed E-state index contributed by atoms with van der Waals surface area (Å²) in [5.41, 5.74) is 6.39. The summed E-state index contributed by atoms with van der Waals surface area (Å²) in [5, 5.41) is 39.5. The van der Waals surface area contributed by atoms with Crippen LogP contribution in [0.15, 0.2) is 258 Å². The first-order chi connectivity index (χ1) is 61.3. The third-order valence-electron chi connectivity index (χ3n) is 19.0. The molecule has 632 valence electrons. The van der Waals surface area contributed by atoms with Crippen LogP contribution >= 0.6 is 58.6 Å². The SMILES string of the molecule is C#CCN1CCN(c2ncc(Sc3ccc(C#N)cc3)c(OCc3cccc(OC)c3)n2)CC1.C#CCN1CCN(c2ncc(Sc3ccc(C#N)cc3)c(OCc3cccc(OC)c3)n2)CC1.COc1cccc(COc2nc(Cl)ncc2Sc2ccc(C#N)cc2)c1.COc1cccc(COc2nc(N3CCNCC3)ncc2Sc2ccc(C#N)cc2)c1. The predicted molar refractivity (Wildman–Crippen MR) is 484 cm³/mol. The highest BCUT2D eigenvalue weighted by molar-refractivity contribution is 8.00. The molecule has 0 aliphatic carbocycles. The van der Waals surface area contributed by atoms with Crippen molar-refractivity contribution in [2.24, 2.45) is 0 Å². The highest BCUT2D eigenvalue weighted by Crippen LogP contribution is 2.40. The highest BCUT2D eigenvalue weighted by atomic mass is 35.5. The smallest absolute Gasteiger partial charge is 0.232 e. The van der Waals surface area contributed by atoms with Crippen molar-refractivity contribution in [2.75, 3.05) is 135 Å². The molecule has 0 unspecified atom stereocenters. The van der Waals surface area contributed by atoms with E-state index in [9.17, 15) is 0 Å². The molecule has 31 heteroatoms. The summed E-state index contributed by atoms with van der Waals surface area (Å²) in [5.74, 6) is 12.5. The predicted octanol–water partition coefficient (Wildman–Crippen LogP) is 15.9. The molecule has 0 radical (unpaired) electrons. The van der Waals surface area contributed by atoms with Gasteiger partial charge in [-0.05, 0) is 179 Å². The van der Waals surface area contributed by atoms with Gasteiger partial charge in [0.25, 0.3) is 0 Å². The van der Waals surface area contributed by atoms with Crippen LogP contribution in [-0.4, -0.2) is 170 Å². The molecule has 0 spiro atoms. The molecule has 7 heterocycles. The van der Waals surface area contributed by atoms with Crippen LogP contribution in [0.4, 0.5) is 17.8 Å². The molecule has 15 rings (SSSR count). The van der Waals surface area contributed by atoms with E-state index in [0.717, 1.165) is 163 Å². The van der Waals surface area contributed by atoms with E-state index in [2.05, 4.69) is 90.9 Å². The number of ether oxygens (including phenoxy) is 8. The first-order valence-corrected chi connectivity index (χ1v) is 43.1. The summed E-state index contributed by atoms with van der Waals surface area (Å²) < 4.78 is 45.5. The minimum atomic E-state index is 0.120. The van der Waals surface area contributed by atoms with E-state index in [0.29, 0.717) is 103 Å². The molecule has 0 saturated carbocycles. The Morgan fingerprint density at radius 2 is 0.616 bits per heavy atom. The number of terminal acetylenes is 2. The largest absolute Gasteiger partial charge is 0.497 e. The van der Waals surface area contributed by atoms with Gasteiger partial charge in [-0.3, -0.25) is 9.80 Å².